The Hall–Kier alpha value is -0.450. The van der Waals surface area contributed by atoms with E-state index in [0.29, 0.717) is 26.1 Å². The summed E-state index contributed by atoms with van der Waals surface area (Å²) in [7, 11) is 0. The molecule has 0 aromatic carbocycles. The zero-order valence-electron chi connectivity index (χ0n) is 7.94. The lowest BCUT2D eigenvalue weighted by atomic mass is 10.2. The number of hydrogen-bond acceptors (Lipinski definition) is 4. The van der Waals surface area contributed by atoms with Gasteiger partial charge in [-0.25, -0.2) is 0 Å². The zero-order valence-corrected chi connectivity index (χ0v) is 7.94. The lowest BCUT2D eigenvalue weighted by Gasteiger charge is -2.12. The van der Waals surface area contributed by atoms with Gasteiger partial charge in [0.15, 0.2) is 0 Å². The van der Waals surface area contributed by atoms with E-state index < -0.39 is 12.2 Å². The van der Waals surface area contributed by atoms with Gasteiger partial charge in [-0.15, -0.1) is 0 Å². The maximum atomic E-state index is 11.2. The van der Waals surface area contributed by atoms with Gasteiger partial charge < -0.3 is 10.2 Å². The molecule has 2 unspecified atom stereocenters. The molecule has 0 aromatic heterocycles. The Kier molecular flexibility index (Phi) is 3.84. The van der Waals surface area contributed by atoms with Crippen molar-refractivity contribution in [1.29, 1.82) is 0 Å². The summed E-state index contributed by atoms with van der Waals surface area (Å²) in [6.45, 7) is 3.15. The number of likely N-dealkylation sites (tertiary alicyclic amines) is 1. The molecule has 4 nitrogen and oxygen atoms in total. The molecule has 76 valence electrons. The van der Waals surface area contributed by atoms with Crippen LogP contribution in [-0.4, -0.2) is 52.7 Å². The number of rotatable bonds is 4. The Morgan fingerprint density at radius 3 is 2.38 bits per heavy atom. The number of aliphatic hydroxyl groups is 2. The Labute approximate surface area is 78.2 Å². The van der Waals surface area contributed by atoms with E-state index >= 15 is 0 Å². The maximum absolute atomic E-state index is 11.2. The monoisotopic (exact) mass is 187 g/mol. The molecule has 0 aliphatic carbocycles. The second-order valence-electron chi connectivity index (χ2n) is 3.62. The average molecular weight is 187 g/mol. The summed E-state index contributed by atoms with van der Waals surface area (Å²) in [5.74, 6) is 0.184. The molecule has 0 aromatic rings. The van der Waals surface area contributed by atoms with Crippen molar-refractivity contribution in [3.8, 4) is 0 Å². The lowest BCUT2D eigenvalue weighted by molar-refractivity contribution is -0.120. The fourth-order valence-corrected chi connectivity index (χ4v) is 1.58. The van der Waals surface area contributed by atoms with Crippen molar-refractivity contribution in [2.45, 2.75) is 32.0 Å². The number of β-amino-alcohol motifs (C(OH)–C–C–N with tert-alkyl or cyclic N) is 2. The highest BCUT2D eigenvalue weighted by atomic mass is 16.3. The van der Waals surface area contributed by atoms with Crippen LogP contribution in [0, 0.1) is 0 Å². The van der Waals surface area contributed by atoms with Gasteiger partial charge in [0.25, 0.3) is 0 Å². The molecule has 1 aliphatic rings. The number of Topliss-reactive ketones (excluding diaryl/α,β-unsaturated/α-hetero) is 1. The molecule has 1 saturated heterocycles. The molecule has 0 spiro atoms. The summed E-state index contributed by atoms with van der Waals surface area (Å²) in [6, 6.07) is 0. The Morgan fingerprint density at radius 2 is 1.92 bits per heavy atom. The summed E-state index contributed by atoms with van der Waals surface area (Å²) in [5, 5.41) is 18.4. The van der Waals surface area contributed by atoms with Crippen molar-refractivity contribution in [1.82, 2.24) is 4.90 Å². The predicted octanol–water partition coefficient (Wildman–Crippen LogP) is -0.607. The Bertz CT molecular complexity index is 174. The van der Waals surface area contributed by atoms with E-state index in [1.54, 1.807) is 4.90 Å². The van der Waals surface area contributed by atoms with E-state index in [4.69, 9.17) is 0 Å². The first-order chi connectivity index (χ1) is 6.13. The van der Waals surface area contributed by atoms with Crippen LogP contribution in [0.25, 0.3) is 0 Å². The molecule has 1 rings (SSSR count). The molecule has 0 amide bonds. The van der Waals surface area contributed by atoms with Gasteiger partial charge in [-0.05, 0) is 6.42 Å². The summed E-state index contributed by atoms with van der Waals surface area (Å²) < 4.78 is 0. The van der Waals surface area contributed by atoms with Crippen LogP contribution in [0.5, 0.6) is 0 Å². The summed E-state index contributed by atoms with van der Waals surface area (Å²) in [4.78, 5) is 13.0. The van der Waals surface area contributed by atoms with Crippen LogP contribution in [0.4, 0.5) is 0 Å². The summed E-state index contributed by atoms with van der Waals surface area (Å²) in [5.41, 5.74) is 0. The molecule has 0 saturated carbocycles. The Balaban J connectivity index is 2.27. The predicted molar refractivity (Wildman–Crippen MR) is 48.4 cm³/mol. The molecule has 13 heavy (non-hydrogen) atoms. The minimum Gasteiger partial charge on any atom is -0.389 e. The molecule has 2 N–H and O–H groups in total. The second kappa shape index (κ2) is 4.69. The van der Waals surface area contributed by atoms with Crippen LogP contribution in [0.15, 0.2) is 0 Å². The Morgan fingerprint density at radius 1 is 1.38 bits per heavy atom. The fourth-order valence-electron chi connectivity index (χ4n) is 1.58. The van der Waals surface area contributed by atoms with Crippen molar-refractivity contribution in [2.24, 2.45) is 0 Å². The van der Waals surface area contributed by atoms with Crippen LogP contribution in [-0.2, 0) is 4.79 Å². The van der Waals surface area contributed by atoms with Gasteiger partial charge in [0.1, 0.15) is 5.78 Å². The third kappa shape index (κ3) is 3.06. The molecule has 1 fully saturated rings. The molecule has 1 heterocycles. The molecule has 0 bridgehead atoms. The van der Waals surface area contributed by atoms with Gasteiger partial charge in [0.2, 0.25) is 0 Å². The minimum absolute atomic E-state index is 0.184. The summed E-state index contributed by atoms with van der Waals surface area (Å²) >= 11 is 0. The lowest BCUT2D eigenvalue weighted by Crippen LogP contribution is -2.28. The standard InChI is InChI=1S/C9H17NO3/c1-2-3-7(11)4-10-5-8(12)9(13)6-10/h8-9,12-13H,2-6H2,1H3. The number of aliphatic hydroxyl groups excluding tert-OH is 2. The van der Waals surface area contributed by atoms with Crippen molar-refractivity contribution in [3.05, 3.63) is 0 Å². The van der Waals surface area contributed by atoms with Crippen molar-refractivity contribution >= 4 is 5.78 Å². The van der Waals surface area contributed by atoms with Gasteiger partial charge in [0, 0.05) is 19.5 Å². The highest BCUT2D eigenvalue weighted by molar-refractivity contribution is 5.80. The van der Waals surface area contributed by atoms with Gasteiger partial charge in [-0.3, -0.25) is 9.69 Å². The van der Waals surface area contributed by atoms with Crippen LogP contribution in [0.1, 0.15) is 19.8 Å². The quantitative estimate of drug-likeness (QED) is 0.616. The highest BCUT2D eigenvalue weighted by Crippen LogP contribution is 2.09. The average Bonchev–Trinajstić information content (AvgIpc) is 2.31. The largest absolute Gasteiger partial charge is 0.389 e. The molecular weight excluding hydrogens is 170 g/mol. The molecular formula is C9H17NO3. The SMILES string of the molecule is CCCC(=O)CN1CC(O)C(O)C1. The number of nitrogens with zero attached hydrogens (tertiary/aromatic N) is 1. The molecule has 0 radical (unpaired) electrons. The number of hydrogen-bond donors (Lipinski definition) is 2. The first-order valence-electron chi connectivity index (χ1n) is 4.73. The van der Waals surface area contributed by atoms with Gasteiger partial charge in [0.05, 0.1) is 18.8 Å². The van der Waals surface area contributed by atoms with E-state index in [1.165, 1.54) is 0 Å². The first-order valence-corrected chi connectivity index (χ1v) is 4.73. The number of carbonyl (C=O) groups excluding carboxylic acids is 1. The van der Waals surface area contributed by atoms with Crippen molar-refractivity contribution < 1.29 is 15.0 Å². The van der Waals surface area contributed by atoms with E-state index in [2.05, 4.69) is 0 Å². The third-order valence-corrected chi connectivity index (χ3v) is 2.26. The topological polar surface area (TPSA) is 60.8 Å². The van der Waals surface area contributed by atoms with E-state index in [0.717, 1.165) is 6.42 Å². The van der Waals surface area contributed by atoms with Crippen LogP contribution >= 0.6 is 0 Å². The third-order valence-electron chi connectivity index (χ3n) is 2.26. The van der Waals surface area contributed by atoms with Gasteiger partial charge in [-0.2, -0.15) is 0 Å². The van der Waals surface area contributed by atoms with Crippen molar-refractivity contribution in [3.63, 3.8) is 0 Å². The summed E-state index contributed by atoms with van der Waals surface area (Å²) in [6.07, 6.45) is 0.0735. The molecule has 4 heteroatoms. The maximum Gasteiger partial charge on any atom is 0.146 e. The second-order valence-corrected chi connectivity index (χ2v) is 3.62. The minimum atomic E-state index is -0.686. The van der Waals surface area contributed by atoms with Crippen molar-refractivity contribution in [2.75, 3.05) is 19.6 Å². The van der Waals surface area contributed by atoms with E-state index in [9.17, 15) is 15.0 Å². The fraction of sp³-hybridized carbons (Fsp3) is 0.889. The molecule has 1 aliphatic heterocycles. The smallest absolute Gasteiger partial charge is 0.146 e. The highest BCUT2D eigenvalue weighted by Gasteiger charge is 2.29. The van der Waals surface area contributed by atoms with E-state index in [-0.39, 0.29) is 5.78 Å². The number of ketones is 1. The molecule has 2 atom stereocenters. The van der Waals surface area contributed by atoms with Crippen LogP contribution in [0.3, 0.4) is 0 Å². The first kappa shape index (κ1) is 10.6. The number of carbonyl (C=O) groups is 1. The zero-order chi connectivity index (χ0) is 9.84. The van der Waals surface area contributed by atoms with Crippen LogP contribution < -0.4 is 0 Å². The van der Waals surface area contributed by atoms with Gasteiger partial charge in [-0.1, -0.05) is 6.92 Å². The normalized spacial score (nSPS) is 29.5. The van der Waals surface area contributed by atoms with Crippen LogP contribution in [0.2, 0.25) is 0 Å². The van der Waals surface area contributed by atoms with Gasteiger partial charge >= 0.3 is 0 Å². The van der Waals surface area contributed by atoms with E-state index in [1.807, 2.05) is 6.92 Å².